The molecule has 0 unspecified atom stereocenters. The van der Waals surface area contributed by atoms with Crippen molar-refractivity contribution in [3.05, 3.63) is 23.4 Å². The third kappa shape index (κ3) is 2.94. The Hall–Kier alpha value is -1.62. The maximum absolute atomic E-state index is 12.1. The molecule has 2 fully saturated rings. The summed E-state index contributed by atoms with van der Waals surface area (Å²) in [6.07, 6.45) is 7.39. The molecule has 1 saturated heterocycles. The number of ether oxygens (including phenoxy) is 1. The first-order chi connectivity index (χ1) is 11.2. The second-order valence-electron chi connectivity index (χ2n) is 7.06. The van der Waals surface area contributed by atoms with E-state index in [-0.39, 0.29) is 12.0 Å². The van der Waals surface area contributed by atoms with Crippen LogP contribution in [0.4, 0.5) is 0 Å². The van der Waals surface area contributed by atoms with Crippen LogP contribution >= 0.6 is 0 Å². The number of rotatable bonds is 3. The number of likely N-dealkylation sites (N-methyl/N-ethyl adjacent to an activating group) is 1. The summed E-state index contributed by atoms with van der Waals surface area (Å²) >= 11 is 0. The van der Waals surface area contributed by atoms with Gasteiger partial charge in [-0.05, 0) is 31.7 Å². The average molecular weight is 315 g/mol. The first kappa shape index (κ1) is 14.9. The Kier molecular flexibility index (Phi) is 3.97. The highest BCUT2D eigenvalue weighted by Crippen LogP contribution is 2.28. The lowest BCUT2D eigenvalue weighted by Gasteiger charge is -2.41. The second-order valence-corrected chi connectivity index (χ2v) is 7.06. The van der Waals surface area contributed by atoms with Crippen LogP contribution in [0.3, 0.4) is 0 Å². The molecule has 23 heavy (non-hydrogen) atoms. The smallest absolute Gasteiger partial charge is 0.255 e. The topological polar surface area (TPSA) is 45.7 Å². The number of carbonyl (C=O) groups is 1. The van der Waals surface area contributed by atoms with Crippen LogP contribution in [0.1, 0.15) is 48.2 Å². The van der Waals surface area contributed by atoms with Crippen LogP contribution in [0.15, 0.2) is 12.1 Å². The van der Waals surface area contributed by atoms with E-state index in [1.807, 2.05) is 19.2 Å². The van der Waals surface area contributed by atoms with Gasteiger partial charge in [-0.3, -0.25) is 4.79 Å². The highest BCUT2D eigenvalue weighted by Gasteiger charge is 2.30. The van der Waals surface area contributed by atoms with E-state index in [1.54, 1.807) is 4.90 Å². The van der Waals surface area contributed by atoms with E-state index < -0.39 is 0 Å². The van der Waals surface area contributed by atoms with E-state index in [2.05, 4.69) is 9.88 Å². The monoisotopic (exact) mass is 315 g/mol. The van der Waals surface area contributed by atoms with Crippen LogP contribution in [-0.2, 0) is 6.42 Å². The normalized spacial score (nSPS) is 23.5. The van der Waals surface area contributed by atoms with Gasteiger partial charge in [0.2, 0.25) is 5.88 Å². The van der Waals surface area contributed by atoms with Crippen LogP contribution in [0.5, 0.6) is 5.88 Å². The van der Waals surface area contributed by atoms with Crippen molar-refractivity contribution in [1.82, 2.24) is 14.8 Å². The lowest BCUT2D eigenvalue weighted by Crippen LogP contribution is -2.46. The predicted molar refractivity (Wildman–Crippen MR) is 87.8 cm³/mol. The molecule has 0 spiro atoms. The molecule has 1 aromatic heterocycles. The molecular weight excluding hydrogens is 290 g/mol. The van der Waals surface area contributed by atoms with Crippen LogP contribution < -0.4 is 4.74 Å². The predicted octanol–water partition coefficient (Wildman–Crippen LogP) is 2.11. The van der Waals surface area contributed by atoms with E-state index in [9.17, 15) is 4.79 Å². The van der Waals surface area contributed by atoms with Gasteiger partial charge in [0, 0.05) is 45.2 Å². The van der Waals surface area contributed by atoms with Gasteiger partial charge in [0.25, 0.3) is 5.91 Å². The van der Waals surface area contributed by atoms with Crippen molar-refractivity contribution in [2.24, 2.45) is 0 Å². The van der Waals surface area contributed by atoms with E-state index in [1.165, 1.54) is 19.3 Å². The summed E-state index contributed by atoms with van der Waals surface area (Å²) in [4.78, 5) is 21.1. The molecule has 1 saturated carbocycles. The Morgan fingerprint density at radius 1 is 1.13 bits per heavy atom. The van der Waals surface area contributed by atoms with Gasteiger partial charge in [-0.2, -0.15) is 0 Å². The molecule has 1 amide bonds. The van der Waals surface area contributed by atoms with Gasteiger partial charge in [0.05, 0.1) is 11.3 Å². The van der Waals surface area contributed by atoms with Crippen molar-refractivity contribution in [3.63, 3.8) is 0 Å². The maximum atomic E-state index is 12.1. The zero-order valence-electron chi connectivity index (χ0n) is 13.8. The van der Waals surface area contributed by atoms with E-state index in [4.69, 9.17) is 4.74 Å². The Morgan fingerprint density at radius 3 is 2.61 bits per heavy atom. The number of pyridine rings is 1. The minimum atomic E-state index is 0.0686. The first-order valence-electron chi connectivity index (χ1n) is 8.87. The second kappa shape index (κ2) is 6.11. The zero-order chi connectivity index (χ0) is 15.8. The molecule has 4 rings (SSSR count). The Bertz CT molecular complexity index is 592. The summed E-state index contributed by atoms with van der Waals surface area (Å²) in [6.45, 7) is 3.02. The van der Waals surface area contributed by atoms with Crippen molar-refractivity contribution in [2.45, 2.75) is 50.7 Å². The van der Waals surface area contributed by atoms with E-state index in [0.717, 1.165) is 56.2 Å². The Labute approximate surface area is 137 Å². The molecular formula is C18H25N3O2. The molecule has 0 radical (unpaired) electrons. The molecule has 1 aromatic rings. The fourth-order valence-corrected chi connectivity index (χ4v) is 3.79. The van der Waals surface area contributed by atoms with Gasteiger partial charge in [0.1, 0.15) is 6.10 Å². The third-order valence-electron chi connectivity index (χ3n) is 5.56. The quantitative estimate of drug-likeness (QED) is 0.857. The largest absolute Gasteiger partial charge is 0.474 e. The molecule has 5 heteroatoms. The zero-order valence-corrected chi connectivity index (χ0v) is 13.8. The number of likely N-dealkylation sites (tertiary alicyclic amines) is 1. The average Bonchev–Trinajstić information content (AvgIpc) is 2.51. The molecule has 0 bridgehead atoms. The van der Waals surface area contributed by atoms with Gasteiger partial charge >= 0.3 is 0 Å². The van der Waals surface area contributed by atoms with Crippen molar-refractivity contribution in [2.75, 3.05) is 26.7 Å². The van der Waals surface area contributed by atoms with Crippen LogP contribution in [-0.4, -0.2) is 59.5 Å². The third-order valence-corrected chi connectivity index (χ3v) is 5.56. The summed E-state index contributed by atoms with van der Waals surface area (Å²) in [5.41, 5.74) is 1.61. The first-order valence-corrected chi connectivity index (χ1v) is 8.87. The van der Waals surface area contributed by atoms with Crippen molar-refractivity contribution >= 4 is 5.91 Å². The summed E-state index contributed by atoms with van der Waals surface area (Å²) in [6, 6.07) is 4.56. The van der Waals surface area contributed by atoms with Crippen molar-refractivity contribution in [3.8, 4) is 5.88 Å². The molecule has 0 aromatic carbocycles. The highest BCUT2D eigenvalue weighted by molar-refractivity contribution is 5.96. The van der Waals surface area contributed by atoms with Crippen LogP contribution in [0.2, 0.25) is 0 Å². The Balaban J connectivity index is 1.37. The fourth-order valence-electron chi connectivity index (χ4n) is 3.79. The molecule has 2 aliphatic heterocycles. The number of hydrogen-bond donors (Lipinski definition) is 0. The van der Waals surface area contributed by atoms with Crippen molar-refractivity contribution < 1.29 is 9.53 Å². The summed E-state index contributed by atoms with van der Waals surface area (Å²) in [5, 5.41) is 0. The van der Waals surface area contributed by atoms with Crippen LogP contribution in [0, 0.1) is 0 Å². The molecule has 3 heterocycles. The molecule has 0 atom stereocenters. The summed E-state index contributed by atoms with van der Waals surface area (Å²) in [7, 11) is 1.84. The molecule has 3 aliphatic rings. The highest BCUT2D eigenvalue weighted by atomic mass is 16.5. The maximum Gasteiger partial charge on any atom is 0.255 e. The number of piperidine rings is 1. The van der Waals surface area contributed by atoms with E-state index in [0.29, 0.717) is 5.88 Å². The minimum Gasteiger partial charge on any atom is -0.474 e. The van der Waals surface area contributed by atoms with Gasteiger partial charge in [0.15, 0.2) is 0 Å². The summed E-state index contributed by atoms with van der Waals surface area (Å²) < 4.78 is 6.10. The summed E-state index contributed by atoms with van der Waals surface area (Å²) in [5.74, 6) is 0.752. The standard InChI is InChI=1S/C18H25N3O2/c1-20-10-9-16-15(18(20)22)5-6-17(19-16)23-14-7-11-21(12-8-14)13-3-2-4-13/h5-6,13-14H,2-4,7-12H2,1H3. The van der Waals surface area contributed by atoms with Gasteiger partial charge in [-0.25, -0.2) is 4.98 Å². The van der Waals surface area contributed by atoms with Gasteiger partial charge in [-0.15, -0.1) is 0 Å². The lowest BCUT2D eigenvalue weighted by molar-refractivity contribution is 0.0473. The van der Waals surface area contributed by atoms with Gasteiger partial charge in [-0.1, -0.05) is 6.42 Å². The number of carbonyl (C=O) groups excluding carboxylic acids is 1. The lowest BCUT2D eigenvalue weighted by atomic mass is 9.90. The van der Waals surface area contributed by atoms with Crippen LogP contribution in [0.25, 0.3) is 0 Å². The van der Waals surface area contributed by atoms with Gasteiger partial charge < -0.3 is 14.5 Å². The fraction of sp³-hybridized carbons (Fsp3) is 0.667. The number of amides is 1. The molecule has 5 nitrogen and oxygen atoms in total. The number of hydrogen-bond acceptors (Lipinski definition) is 4. The molecule has 124 valence electrons. The van der Waals surface area contributed by atoms with Crippen molar-refractivity contribution in [1.29, 1.82) is 0 Å². The molecule has 1 aliphatic carbocycles. The SMILES string of the molecule is CN1CCc2nc(OC3CCN(C4CCC4)CC3)ccc2C1=O. The van der Waals surface area contributed by atoms with E-state index >= 15 is 0 Å². The minimum absolute atomic E-state index is 0.0686. The number of aromatic nitrogens is 1. The molecule has 0 N–H and O–H groups in total. The number of nitrogens with zero attached hydrogens (tertiary/aromatic N) is 3. The Morgan fingerprint density at radius 2 is 1.91 bits per heavy atom. The number of fused-ring (bicyclic) bond motifs is 1.